The fourth-order valence-electron chi connectivity index (χ4n) is 1.86. The third kappa shape index (κ3) is 4.09. The maximum Gasteiger partial charge on any atom is 0.237 e. The van der Waals surface area contributed by atoms with Crippen molar-refractivity contribution in [2.75, 3.05) is 0 Å². The first-order valence-corrected chi connectivity index (χ1v) is 8.65. The molecule has 0 aliphatic rings. The Labute approximate surface area is 145 Å². The van der Waals surface area contributed by atoms with Gasteiger partial charge in [0.15, 0.2) is 5.82 Å². The Morgan fingerprint density at radius 3 is 2.95 bits per heavy atom. The van der Waals surface area contributed by atoms with E-state index in [0.717, 1.165) is 15.1 Å². The van der Waals surface area contributed by atoms with E-state index in [1.807, 2.05) is 36.4 Å². The third-order valence-corrected chi connectivity index (χ3v) is 4.95. The molecule has 22 heavy (non-hydrogen) atoms. The average Bonchev–Trinajstić information content (AvgIpc) is 2.94. The molecule has 0 radical (unpaired) electrons. The molecule has 0 unspecified atom stereocenters. The Hall–Kier alpha value is -1.37. The van der Waals surface area contributed by atoms with Gasteiger partial charge in [-0.25, -0.2) is 4.98 Å². The first-order chi connectivity index (χ1) is 10.7. The van der Waals surface area contributed by atoms with E-state index < -0.39 is 0 Å². The van der Waals surface area contributed by atoms with Gasteiger partial charge in [-0.15, -0.1) is 0 Å². The van der Waals surface area contributed by atoms with Crippen molar-refractivity contribution in [3.63, 3.8) is 0 Å². The summed E-state index contributed by atoms with van der Waals surface area (Å²) in [5.41, 5.74) is 1.06. The van der Waals surface area contributed by atoms with E-state index in [9.17, 15) is 0 Å². The molecule has 0 amide bonds. The number of halogens is 2. The van der Waals surface area contributed by atoms with E-state index in [-0.39, 0.29) is 0 Å². The summed E-state index contributed by atoms with van der Waals surface area (Å²) in [5, 5.41) is 5.61. The van der Waals surface area contributed by atoms with Gasteiger partial charge in [-0.05, 0) is 45.8 Å². The largest absolute Gasteiger partial charge is 0.338 e. The van der Waals surface area contributed by atoms with Crippen molar-refractivity contribution < 1.29 is 4.52 Å². The third-order valence-electron chi connectivity index (χ3n) is 2.82. The van der Waals surface area contributed by atoms with Crippen molar-refractivity contribution in [2.45, 2.75) is 17.2 Å². The zero-order valence-corrected chi connectivity index (χ0v) is 14.5. The Morgan fingerprint density at radius 1 is 1.23 bits per heavy atom. The molecule has 0 aliphatic carbocycles. The van der Waals surface area contributed by atoms with Crippen molar-refractivity contribution in [3.05, 3.63) is 69.4 Å². The number of benzene rings is 1. The normalized spacial score (nSPS) is 10.8. The topological polar surface area (TPSA) is 51.8 Å². The summed E-state index contributed by atoms with van der Waals surface area (Å²) in [6.07, 6.45) is 2.35. The maximum absolute atomic E-state index is 5.97. The second-order valence-corrected chi connectivity index (χ2v) is 6.74. The van der Waals surface area contributed by atoms with Gasteiger partial charge in [-0.1, -0.05) is 40.7 Å². The highest BCUT2D eigenvalue weighted by Crippen LogP contribution is 2.27. The van der Waals surface area contributed by atoms with Gasteiger partial charge in [0.25, 0.3) is 0 Å². The molecule has 3 aromatic rings. The molecule has 2 heterocycles. The van der Waals surface area contributed by atoms with E-state index in [1.165, 1.54) is 0 Å². The minimum atomic E-state index is 0.582. The molecule has 3 rings (SSSR count). The van der Waals surface area contributed by atoms with E-state index in [0.29, 0.717) is 28.9 Å². The number of rotatable bonds is 5. The molecule has 0 bridgehead atoms. The van der Waals surface area contributed by atoms with Crippen molar-refractivity contribution in [1.82, 2.24) is 15.1 Å². The van der Waals surface area contributed by atoms with Crippen molar-refractivity contribution >= 4 is 39.3 Å². The highest BCUT2D eigenvalue weighted by molar-refractivity contribution is 9.10. The molecule has 112 valence electrons. The van der Waals surface area contributed by atoms with Crippen LogP contribution in [0, 0.1) is 0 Å². The summed E-state index contributed by atoms with van der Waals surface area (Å²) >= 11 is 11.0. The SMILES string of the molecule is Clc1cccc(Cc2noc(CSc3ncccc3Br)n2)c1. The maximum atomic E-state index is 5.97. The van der Waals surface area contributed by atoms with Crippen LogP contribution in [0.25, 0.3) is 0 Å². The molecular weight excluding hydrogens is 386 g/mol. The average molecular weight is 397 g/mol. The molecule has 0 aliphatic heterocycles. The number of thioether (sulfide) groups is 1. The Kier molecular flexibility index (Phi) is 5.12. The van der Waals surface area contributed by atoms with Crippen LogP contribution in [0.2, 0.25) is 5.02 Å². The van der Waals surface area contributed by atoms with Crippen molar-refractivity contribution in [2.24, 2.45) is 0 Å². The van der Waals surface area contributed by atoms with Gasteiger partial charge in [-0.2, -0.15) is 4.98 Å². The molecule has 0 fully saturated rings. The van der Waals surface area contributed by atoms with Crippen LogP contribution in [0.4, 0.5) is 0 Å². The molecule has 2 aromatic heterocycles. The molecule has 7 heteroatoms. The molecule has 0 saturated heterocycles. The summed E-state index contributed by atoms with van der Waals surface area (Å²) in [4.78, 5) is 8.68. The number of hydrogen-bond acceptors (Lipinski definition) is 5. The van der Waals surface area contributed by atoms with Crippen LogP contribution in [0.3, 0.4) is 0 Å². The summed E-state index contributed by atoms with van der Waals surface area (Å²) < 4.78 is 6.23. The highest BCUT2D eigenvalue weighted by atomic mass is 79.9. The van der Waals surface area contributed by atoms with Gasteiger partial charge in [0.1, 0.15) is 5.03 Å². The highest BCUT2D eigenvalue weighted by Gasteiger charge is 2.09. The molecule has 0 spiro atoms. The predicted molar refractivity (Wildman–Crippen MR) is 90.1 cm³/mol. The Morgan fingerprint density at radius 2 is 2.14 bits per heavy atom. The Bertz CT molecular complexity index is 781. The number of pyridine rings is 1. The predicted octanol–water partition coefficient (Wildman–Crippen LogP) is 4.76. The van der Waals surface area contributed by atoms with E-state index in [1.54, 1.807) is 18.0 Å². The minimum Gasteiger partial charge on any atom is -0.338 e. The summed E-state index contributed by atoms with van der Waals surface area (Å²) in [7, 11) is 0. The van der Waals surface area contributed by atoms with Gasteiger partial charge >= 0.3 is 0 Å². The van der Waals surface area contributed by atoms with Crippen LogP contribution < -0.4 is 0 Å². The van der Waals surface area contributed by atoms with Gasteiger partial charge < -0.3 is 4.52 Å². The standard InChI is InChI=1S/C15H11BrClN3OS/c16-12-5-2-6-18-15(12)22-9-14-19-13(20-21-14)8-10-3-1-4-11(17)7-10/h1-7H,8-9H2. The van der Waals surface area contributed by atoms with Gasteiger partial charge in [0.05, 0.1) is 5.75 Å². The number of nitrogens with zero attached hydrogens (tertiary/aromatic N) is 3. The van der Waals surface area contributed by atoms with E-state index in [4.69, 9.17) is 16.1 Å². The quantitative estimate of drug-likeness (QED) is 0.582. The van der Waals surface area contributed by atoms with Crippen molar-refractivity contribution in [1.29, 1.82) is 0 Å². The van der Waals surface area contributed by atoms with Gasteiger partial charge in [0, 0.05) is 22.1 Å². The minimum absolute atomic E-state index is 0.582. The number of hydrogen-bond donors (Lipinski definition) is 0. The first kappa shape index (κ1) is 15.5. The second kappa shape index (κ2) is 7.26. The lowest BCUT2D eigenvalue weighted by Gasteiger charge is -1.99. The van der Waals surface area contributed by atoms with Crippen LogP contribution >= 0.6 is 39.3 Å². The van der Waals surface area contributed by atoms with Crippen molar-refractivity contribution in [3.8, 4) is 0 Å². The molecule has 0 atom stereocenters. The second-order valence-electron chi connectivity index (χ2n) is 4.49. The van der Waals surface area contributed by atoms with E-state index in [2.05, 4.69) is 31.1 Å². The van der Waals surface area contributed by atoms with Crippen LogP contribution in [0.5, 0.6) is 0 Å². The lowest BCUT2D eigenvalue weighted by Crippen LogP contribution is -1.91. The van der Waals surface area contributed by atoms with Gasteiger partial charge in [-0.3, -0.25) is 0 Å². The first-order valence-electron chi connectivity index (χ1n) is 6.50. The zero-order chi connectivity index (χ0) is 15.4. The molecular formula is C15H11BrClN3OS. The summed E-state index contributed by atoms with van der Waals surface area (Å²) in [6.45, 7) is 0. The molecule has 0 N–H and O–H groups in total. The fraction of sp³-hybridized carbons (Fsp3) is 0.133. The summed E-state index contributed by atoms with van der Waals surface area (Å²) in [5.74, 6) is 1.82. The molecule has 4 nitrogen and oxygen atoms in total. The van der Waals surface area contributed by atoms with Crippen LogP contribution in [0.15, 0.2) is 56.6 Å². The lowest BCUT2D eigenvalue weighted by molar-refractivity contribution is 0.386. The smallest absolute Gasteiger partial charge is 0.237 e. The van der Waals surface area contributed by atoms with Crippen LogP contribution in [0.1, 0.15) is 17.3 Å². The molecule has 1 aromatic carbocycles. The van der Waals surface area contributed by atoms with Crippen LogP contribution in [-0.4, -0.2) is 15.1 Å². The zero-order valence-electron chi connectivity index (χ0n) is 11.4. The van der Waals surface area contributed by atoms with Gasteiger partial charge in [0.2, 0.25) is 5.89 Å². The molecule has 0 saturated carbocycles. The number of aromatic nitrogens is 3. The monoisotopic (exact) mass is 395 g/mol. The van der Waals surface area contributed by atoms with Crippen LogP contribution in [-0.2, 0) is 12.2 Å². The summed E-state index contributed by atoms with van der Waals surface area (Å²) in [6, 6.07) is 11.5. The fourth-order valence-corrected chi connectivity index (χ4v) is 3.39. The van der Waals surface area contributed by atoms with E-state index >= 15 is 0 Å². The lowest BCUT2D eigenvalue weighted by atomic mass is 10.1. The Balaban J connectivity index is 1.63.